The van der Waals surface area contributed by atoms with E-state index in [9.17, 15) is 0 Å². The largest absolute Gasteiger partial charge is 0.456 e. The average molecular weight is 1900 g/mol. The molecule has 0 radical (unpaired) electrons. The topological polar surface area (TPSA) is 49.1 Å². The van der Waals surface area contributed by atoms with E-state index in [1.807, 2.05) is 58.3 Å². The highest BCUT2D eigenvalue weighted by atomic mass is 32.1. The zero-order valence-corrected chi connectivity index (χ0v) is 82.5. The third kappa shape index (κ3) is 13.2. The molecule has 0 unspecified atom stereocenters. The summed E-state index contributed by atoms with van der Waals surface area (Å²) in [6, 6.07) is 165. The highest BCUT2D eigenvalue weighted by Gasteiger charge is 2.42. The molecule has 6 nitrogen and oxygen atoms in total. The fourth-order valence-corrected chi connectivity index (χ4v) is 27.8. The molecule has 0 bridgehead atoms. The fourth-order valence-electron chi connectivity index (χ4n) is 24.1. The minimum absolute atomic E-state index is 0.0819. The molecular weight excluding hydrogens is 1810 g/mol. The molecule has 6 heterocycles. The highest BCUT2D eigenvalue weighted by molar-refractivity contribution is 7.27. The molecule has 3 aliphatic rings. The first kappa shape index (κ1) is 85.1. The lowest BCUT2D eigenvalue weighted by atomic mass is 9.82. The maximum absolute atomic E-state index is 6.41. The van der Waals surface area contributed by atoms with E-state index in [1.54, 1.807) is 0 Å². The molecule has 0 fully saturated rings. The Morgan fingerprint density at radius 2 is 0.431 bits per heavy atom. The van der Waals surface area contributed by atoms with E-state index in [0.29, 0.717) is 0 Å². The van der Waals surface area contributed by atoms with Crippen molar-refractivity contribution in [1.29, 1.82) is 0 Å². The van der Waals surface area contributed by atoms with Gasteiger partial charge in [-0.25, -0.2) is 0 Å². The zero-order chi connectivity index (χ0) is 96.0. The summed E-state index contributed by atoms with van der Waals surface area (Å²) < 4.78 is 27.0. The summed E-state index contributed by atoms with van der Waals surface area (Å²) >= 11 is 5.64. The first-order chi connectivity index (χ1) is 70.7. The van der Waals surface area contributed by atoms with Crippen LogP contribution in [0.3, 0.4) is 0 Å². The van der Waals surface area contributed by atoms with Gasteiger partial charge < -0.3 is 28.0 Å². The van der Waals surface area contributed by atoms with Gasteiger partial charge in [0.15, 0.2) is 0 Å². The first-order valence-corrected chi connectivity index (χ1v) is 52.0. The van der Waals surface area contributed by atoms with E-state index >= 15 is 0 Å². The van der Waals surface area contributed by atoms with Crippen LogP contribution in [0.25, 0.3) is 193 Å². The minimum Gasteiger partial charge on any atom is -0.456 e. The molecule has 21 aromatic carbocycles. The third-order valence-corrected chi connectivity index (χ3v) is 34.4. The van der Waals surface area contributed by atoms with Crippen molar-refractivity contribution in [2.75, 3.05) is 14.7 Å². The molecule has 6 aromatic heterocycles. The van der Waals surface area contributed by atoms with Crippen LogP contribution < -0.4 is 14.7 Å². The van der Waals surface area contributed by atoms with Gasteiger partial charge in [0.25, 0.3) is 0 Å². The lowest BCUT2D eigenvalue weighted by molar-refractivity contribution is 0.660. The van der Waals surface area contributed by atoms with Gasteiger partial charge in [-0.2, -0.15) is 0 Å². The van der Waals surface area contributed by atoms with Gasteiger partial charge in [-0.15, -0.1) is 34.0 Å². The molecular formula is C135H93N3O3S3. The van der Waals surface area contributed by atoms with Gasteiger partial charge in [-0.1, -0.05) is 363 Å². The Labute approximate surface area is 845 Å². The van der Waals surface area contributed by atoms with Crippen molar-refractivity contribution in [1.82, 2.24) is 0 Å². The van der Waals surface area contributed by atoms with Gasteiger partial charge in [0, 0.05) is 132 Å². The number of para-hydroxylation sites is 3. The second-order valence-corrected chi connectivity index (χ2v) is 43.0. The number of anilines is 9. The van der Waals surface area contributed by atoms with E-state index < -0.39 is 0 Å². The molecule has 0 amide bonds. The number of furan rings is 3. The number of benzene rings is 21. The van der Waals surface area contributed by atoms with Gasteiger partial charge in [-0.05, 0) is 217 Å². The Balaban J connectivity index is 0.000000105. The molecule has 0 spiro atoms. The van der Waals surface area contributed by atoms with Crippen molar-refractivity contribution < 1.29 is 13.3 Å². The molecule has 0 saturated carbocycles. The van der Waals surface area contributed by atoms with E-state index in [2.05, 4.69) is 487 Å². The zero-order valence-electron chi connectivity index (χ0n) is 80.1. The molecule has 3 aliphatic carbocycles. The molecule has 684 valence electrons. The molecule has 144 heavy (non-hydrogen) atoms. The van der Waals surface area contributed by atoms with Crippen molar-refractivity contribution >= 4 is 212 Å². The van der Waals surface area contributed by atoms with Crippen molar-refractivity contribution in [3.05, 3.63) is 488 Å². The summed E-state index contributed by atoms with van der Waals surface area (Å²) in [7, 11) is 0. The Morgan fingerprint density at radius 1 is 0.174 bits per heavy atom. The minimum atomic E-state index is -0.113. The second kappa shape index (κ2) is 33.1. The quantitative estimate of drug-likeness (QED) is 0.121. The predicted molar refractivity (Wildman–Crippen MR) is 613 cm³/mol. The molecule has 0 N–H and O–H groups in total. The van der Waals surface area contributed by atoms with Gasteiger partial charge in [-0.3, -0.25) is 0 Å². The molecule has 0 saturated heterocycles. The van der Waals surface area contributed by atoms with Crippen molar-refractivity contribution in [2.24, 2.45) is 0 Å². The second-order valence-electron chi connectivity index (χ2n) is 39.8. The van der Waals surface area contributed by atoms with Gasteiger partial charge >= 0.3 is 0 Å². The van der Waals surface area contributed by atoms with Crippen LogP contribution in [0.1, 0.15) is 74.9 Å². The Hall–Kier alpha value is -16.9. The standard InChI is InChI=1S/C45H31NO2.C45H31NOS.C45H31NS2/c1-45(2)34-16-6-3-12-31(34)43-35(45)17-10-18-36(43)46(37-19-11-23-41-44(37)33-14-5-8-21-39(33)48-41)29-26-24-28(25-27-29)30-15-9-22-40-42(30)32-13-4-7-20-38(32)47-40;1-45(2)35-17-6-3-13-33(35)42-36(45)18-10-19-37(42)46(38-20-11-22-40-43(38)34-14-4-7-21-39(34)47-40)29-26-24-28(25-27-29)30-15-9-16-32-31-12-5-8-23-41(31)48-44(30)32;1-45(2)35-17-6-3-13-33(35)42-36(45)18-10-19-37(42)46(38-20-11-23-41-43(38)34-14-5-8-22-40(34)47-41)29-26-24-28(25-27-29)30-15-9-16-32-31-12-4-7-21-39(31)48-44(30)32/h3*3-27H,1-2H3. The number of rotatable bonds is 12. The molecule has 27 aromatic rings. The maximum Gasteiger partial charge on any atom is 0.137 e. The Kier molecular flexibility index (Phi) is 19.6. The highest BCUT2D eigenvalue weighted by Crippen LogP contribution is 2.61. The summed E-state index contributed by atoms with van der Waals surface area (Å²) in [6.07, 6.45) is 0. The summed E-state index contributed by atoms with van der Waals surface area (Å²) in [6.45, 7) is 14.1. The maximum atomic E-state index is 6.41. The third-order valence-electron chi connectivity index (χ3n) is 30.9. The molecule has 0 atom stereocenters. The van der Waals surface area contributed by atoms with Gasteiger partial charge in [0.2, 0.25) is 0 Å². The van der Waals surface area contributed by atoms with Crippen LogP contribution in [0.15, 0.2) is 468 Å². The van der Waals surface area contributed by atoms with Crippen LogP contribution in [-0.4, -0.2) is 0 Å². The lowest BCUT2D eigenvalue weighted by Crippen LogP contribution is -2.16. The Morgan fingerprint density at radius 3 is 0.840 bits per heavy atom. The number of hydrogen-bond donors (Lipinski definition) is 0. The van der Waals surface area contributed by atoms with Gasteiger partial charge in [0.1, 0.15) is 33.5 Å². The number of fused-ring (bicyclic) bond motifs is 27. The monoisotopic (exact) mass is 1900 g/mol. The smallest absolute Gasteiger partial charge is 0.137 e. The van der Waals surface area contributed by atoms with E-state index in [1.165, 1.54) is 167 Å². The van der Waals surface area contributed by atoms with Crippen molar-refractivity contribution in [3.8, 4) is 66.8 Å². The van der Waals surface area contributed by atoms with Crippen LogP contribution in [0.4, 0.5) is 51.2 Å². The number of thiophene rings is 3. The molecule has 9 heteroatoms. The Bertz CT molecular complexity index is 9540. The number of hydrogen-bond acceptors (Lipinski definition) is 9. The number of nitrogens with zero attached hydrogens (tertiary/aromatic N) is 3. The molecule has 0 aliphatic heterocycles. The van der Waals surface area contributed by atoms with Crippen LogP contribution in [0, 0.1) is 0 Å². The SMILES string of the molecule is CC1(C)c2ccccc2-c2c(N(c3ccc(-c4cccc5c4sc4ccccc45)cc3)c3cccc4oc5ccccc5c34)cccc21.CC1(C)c2ccccc2-c2c(N(c3ccc(-c4cccc5c4sc4ccccc45)cc3)c3cccc4sc5ccccc5c34)cccc21.CC1(C)c2ccccc2-c2c(N(c3ccc(-c4cccc5oc6ccccc6c45)cc3)c3cccc4oc5ccccc5c34)cccc21. The predicted octanol–water partition coefficient (Wildman–Crippen LogP) is 40.2. The average Bonchev–Trinajstić information content (AvgIpc) is 1.55. The summed E-state index contributed by atoms with van der Waals surface area (Å²) in [5.41, 5.74) is 38.7. The van der Waals surface area contributed by atoms with Crippen molar-refractivity contribution in [2.45, 2.75) is 57.8 Å². The fraction of sp³-hybridized carbons (Fsp3) is 0.0667. The van der Waals surface area contributed by atoms with Crippen LogP contribution in [-0.2, 0) is 16.2 Å². The van der Waals surface area contributed by atoms with E-state index in [4.69, 9.17) is 13.3 Å². The van der Waals surface area contributed by atoms with Crippen molar-refractivity contribution in [3.63, 3.8) is 0 Å². The van der Waals surface area contributed by atoms with Crippen LogP contribution >= 0.6 is 34.0 Å². The summed E-state index contributed by atoms with van der Waals surface area (Å²) in [5.74, 6) is 0. The van der Waals surface area contributed by atoms with Gasteiger partial charge in [0.05, 0.1) is 44.9 Å². The summed E-state index contributed by atoms with van der Waals surface area (Å²) in [5, 5.41) is 14.6. The summed E-state index contributed by atoms with van der Waals surface area (Å²) in [4.78, 5) is 7.40. The van der Waals surface area contributed by atoms with E-state index in [0.717, 1.165) is 111 Å². The van der Waals surface area contributed by atoms with Crippen LogP contribution in [0.2, 0.25) is 0 Å². The van der Waals surface area contributed by atoms with Crippen LogP contribution in [0.5, 0.6) is 0 Å². The lowest BCUT2D eigenvalue weighted by Gasteiger charge is -2.29. The normalized spacial score (nSPS) is 13.4. The molecule has 30 rings (SSSR count). The van der Waals surface area contributed by atoms with E-state index in [-0.39, 0.29) is 16.2 Å². The first-order valence-electron chi connectivity index (χ1n) is 49.6.